The number of likely N-dealkylation sites (tertiary alicyclic amines) is 1. The summed E-state index contributed by atoms with van der Waals surface area (Å²) in [6, 6.07) is 0.557. The molecule has 1 saturated heterocycles. The largest absolute Gasteiger partial charge is 0.481 e. The van der Waals surface area contributed by atoms with E-state index < -0.39 is 5.97 Å². The Morgan fingerprint density at radius 1 is 1.50 bits per heavy atom. The highest BCUT2D eigenvalue weighted by Crippen LogP contribution is 2.27. The van der Waals surface area contributed by atoms with Crippen LogP contribution in [0.5, 0.6) is 0 Å². The van der Waals surface area contributed by atoms with E-state index >= 15 is 0 Å². The van der Waals surface area contributed by atoms with Crippen molar-refractivity contribution < 1.29 is 9.90 Å². The summed E-state index contributed by atoms with van der Waals surface area (Å²) in [6.45, 7) is 10.3. The van der Waals surface area contributed by atoms with Crippen molar-refractivity contribution in [2.45, 2.75) is 53.0 Å². The molecule has 0 radical (unpaired) electrons. The van der Waals surface area contributed by atoms with Gasteiger partial charge in [0.1, 0.15) is 0 Å². The molecule has 2 unspecified atom stereocenters. The van der Waals surface area contributed by atoms with Crippen molar-refractivity contribution in [3.8, 4) is 0 Å². The van der Waals surface area contributed by atoms with Crippen molar-refractivity contribution in [2.24, 2.45) is 11.3 Å². The fraction of sp³-hybridized carbons (Fsp3) is 0.923. The van der Waals surface area contributed by atoms with Crippen LogP contribution in [0.1, 0.15) is 47.0 Å². The first-order chi connectivity index (χ1) is 7.29. The predicted molar refractivity (Wildman–Crippen MR) is 65.5 cm³/mol. The molecule has 3 heteroatoms. The van der Waals surface area contributed by atoms with Crippen LogP contribution >= 0.6 is 0 Å². The van der Waals surface area contributed by atoms with Crippen LogP contribution in [0.25, 0.3) is 0 Å². The van der Waals surface area contributed by atoms with E-state index in [0.29, 0.717) is 12.6 Å². The number of rotatable bonds is 4. The van der Waals surface area contributed by atoms with Crippen molar-refractivity contribution in [1.82, 2.24) is 4.90 Å². The first-order valence-corrected chi connectivity index (χ1v) is 6.26. The van der Waals surface area contributed by atoms with Crippen molar-refractivity contribution in [3.63, 3.8) is 0 Å². The van der Waals surface area contributed by atoms with Gasteiger partial charge in [-0.3, -0.25) is 9.69 Å². The minimum absolute atomic E-state index is 0.0893. The molecule has 3 nitrogen and oxygen atoms in total. The Kier molecular flexibility index (Phi) is 4.36. The van der Waals surface area contributed by atoms with Gasteiger partial charge < -0.3 is 5.11 Å². The first kappa shape index (κ1) is 13.5. The maximum Gasteiger partial charge on any atom is 0.307 e. The van der Waals surface area contributed by atoms with Crippen LogP contribution in [-0.2, 0) is 4.79 Å². The minimum Gasteiger partial charge on any atom is -0.481 e. The molecule has 0 aromatic rings. The molecule has 1 rings (SSSR count). The van der Waals surface area contributed by atoms with Gasteiger partial charge in [0, 0.05) is 12.6 Å². The third-order valence-electron chi connectivity index (χ3n) is 3.35. The van der Waals surface area contributed by atoms with Gasteiger partial charge in [0.25, 0.3) is 0 Å². The van der Waals surface area contributed by atoms with Crippen LogP contribution in [0.3, 0.4) is 0 Å². The van der Waals surface area contributed by atoms with Crippen LogP contribution in [0, 0.1) is 11.3 Å². The molecule has 0 aromatic heterocycles. The average molecular weight is 227 g/mol. The highest BCUT2D eigenvalue weighted by atomic mass is 16.4. The van der Waals surface area contributed by atoms with Crippen LogP contribution in [0.2, 0.25) is 0 Å². The van der Waals surface area contributed by atoms with Gasteiger partial charge in [-0.2, -0.15) is 0 Å². The van der Waals surface area contributed by atoms with Crippen molar-refractivity contribution in [3.05, 3.63) is 0 Å². The Morgan fingerprint density at radius 3 is 2.50 bits per heavy atom. The van der Waals surface area contributed by atoms with E-state index in [1.54, 1.807) is 0 Å². The lowest BCUT2D eigenvalue weighted by Crippen LogP contribution is -2.37. The molecule has 16 heavy (non-hydrogen) atoms. The summed E-state index contributed by atoms with van der Waals surface area (Å²) < 4.78 is 0. The first-order valence-electron chi connectivity index (χ1n) is 6.26. The fourth-order valence-electron chi connectivity index (χ4n) is 2.52. The number of carboxylic acids is 1. The lowest BCUT2D eigenvalue weighted by atomic mass is 9.84. The van der Waals surface area contributed by atoms with Gasteiger partial charge in [-0.15, -0.1) is 0 Å². The fourth-order valence-corrected chi connectivity index (χ4v) is 2.52. The Morgan fingerprint density at radius 2 is 2.12 bits per heavy atom. The second-order valence-electron chi connectivity index (χ2n) is 6.29. The second-order valence-corrected chi connectivity index (χ2v) is 6.29. The zero-order chi connectivity index (χ0) is 12.3. The molecule has 1 heterocycles. The monoisotopic (exact) mass is 227 g/mol. The van der Waals surface area contributed by atoms with Gasteiger partial charge in [0.2, 0.25) is 0 Å². The molecular formula is C13H25NO2. The van der Waals surface area contributed by atoms with E-state index in [2.05, 4.69) is 32.6 Å². The number of aliphatic carboxylic acids is 1. The third kappa shape index (κ3) is 4.12. The van der Waals surface area contributed by atoms with Gasteiger partial charge >= 0.3 is 5.97 Å². The summed E-state index contributed by atoms with van der Waals surface area (Å²) in [5.41, 5.74) is 0.0893. The standard InChI is InChI=1S/C13H25NO2/c1-10-6-5-7-14(10)9-11(12(15)16)8-13(2,3)4/h10-11H,5-9H2,1-4H3,(H,15,16). The molecule has 0 amide bonds. The molecule has 0 bridgehead atoms. The lowest BCUT2D eigenvalue weighted by molar-refractivity contribution is -0.143. The van der Waals surface area contributed by atoms with Gasteiger partial charge in [-0.1, -0.05) is 20.8 Å². The molecule has 0 aliphatic carbocycles. The second kappa shape index (κ2) is 5.17. The van der Waals surface area contributed by atoms with E-state index in [1.165, 1.54) is 12.8 Å². The Balaban J connectivity index is 2.54. The van der Waals surface area contributed by atoms with E-state index in [1.807, 2.05) is 0 Å². The van der Waals surface area contributed by atoms with Crippen LogP contribution < -0.4 is 0 Å². The summed E-state index contributed by atoms with van der Waals surface area (Å²) in [5, 5.41) is 9.26. The lowest BCUT2D eigenvalue weighted by Gasteiger charge is -2.28. The van der Waals surface area contributed by atoms with Gasteiger partial charge in [-0.25, -0.2) is 0 Å². The topological polar surface area (TPSA) is 40.5 Å². The molecule has 2 atom stereocenters. The third-order valence-corrected chi connectivity index (χ3v) is 3.35. The number of carbonyl (C=O) groups is 1. The Labute approximate surface area is 98.8 Å². The molecule has 1 N–H and O–H groups in total. The van der Waals surface area contributed by atoms with Crippen molar-refractivity contribution in [1.29, 1.82) is 0 Å². The highest BCUT2D eigenvalue weighted by Gasteiger charge is 2.29. The van der Waals surface area contributed by atoms with Gasteiger partial charge in [-0.05, 0) is 38.1 Å². The SMILES string of the molecule is CC1CCCN1CC(CC(C)(C)C)C(=O)O. The smallest absolute Gasteiger partial charge is 0.307 e. The van der Waals surface area contributed by atoms with E-state index in [9.17, 15) is 9.90 Å². The highest BCUT2D eigenvalue weighted by molar-refractivity contribution is 5.70. The summed E-state index contributed by atoms with van der Waals surface area (Å²) in [5.74, 6) is -0.866. The molecule has 94 valence electrons. The molecule has 1 aliphatic rings. The maximum absolute atomic E-state index is 11.2. The molecule has 1 aliphatic heterocycles. The number of nitrogens with zero attached hydrogens (tertiary/aromatic N) is 1. The minimum atomic E-state index is -0.644. The van der Waals surface area contributed by atoms with E-state index in [-0.39, 0.29) is 11.3 Å². The number of hydrogen-bond acceptors (Lipinski definition) is 2. The van der Waals surface area contributed by atoms with Crippen LogP contribution in [-0.4, -0.2) is 35.1 Å². The van der Waals surface area contributed by atoms with Crippen molar-refractivity contribution >= 4 is 5.97 Å². The number of carboxylic acid groups (broad SMARTS) is 1. The van der Waals surface area contributed by atoms with Gasteiger partial charge in [0.05, 0.1) is 5.92 Å². The molecule has 1 fully saturated rings. The molecular weight excluding hydrogens is 202 g/mol. The predicted octanol–water partition coefficient (Wildman–Crippen LogP) is 2.61. The summed E-state index contributed by atoms with van der Waals surface area (Å²) in [6.07, 6.45) is 3.18. The Hall–Kier alpha value is -0.570. The Bertz CT molecular complexity index is 245. The zero-order valence-electron chi connectivity index (χ0n) is 11.0. The van der Waals surface area contributed by atoms with Crippen LogP contribution in [0.4, 0.5) is 0 Å². The van der Waals surface area contributed by atoms with E-state index in [4.69, 9.17) is 0 Å². The molecule has 0 spiro atoms. The normalized spacial score (nSPS) is 24.6. The van der Waals surface area contributed by atoms with Crippen molar-refractivity contribution in [2.75, 3.05) is 13.1 Å². The van der Waals surface area contributed by atoms with E-state index in [0.717, 1.165) is 13.0 Å². The van der Waals surface area contributed by atoms with Gasteiger partial charge in [0.15, 0.2) is 0 Å². The summed E-state index contributed by atoms with van der Waals surface area (Å²) >= 11 is 0. The maximum atomic E-state index is 11.2. The number of hydrogen-bond donors (Lipinski definition) is 1. The molecule has 0 saturated carbocycles. The summed E-state index contributed by atoms with van der Waals surface area (Å²) in [4.78, 5) is 13.6. The van der Waals surface area contributed by atoms with Crippen LogP contribution in [0.15, 0.2) is 0 Å². The zero-order valence-corrected chi connectivity index (χ0v) is 11.0. The summed E-state index contributed by atoms with van der Waals surface area (Å²) in [7, 11) is 0. The average Bonchev–Trinajstić information content (AvgIpc) is 2.48. The molecule has 0 aromatic carbocycles. The quantitative estimate of drug-likeness (QED) is 0.802.